The first kappa shape index (κ1) is 18.5. The van der Waals surface area contributed by atoms with Gasteiger partial charge in [-0.2, -0.15) is 0 Å². The molecule has 0 bridgehead atoms. The minimum absolute atomic E-state index is 0.0669. The van der Waals surface area contributed by atoms with E-state index < -0.39 is 0 Å². The second kappa shape index (κ2) is 8.44. The van der Waals surface area contributed by atoms with Crippen molar-refractivity contribution in [1.29, 1.82) is 0 Å². The van der Waals surface area contributed by atoms with Gasteiger partial charge in [-0.05, 0) is 49.9 Å². The van der Waals surface area contributed by atoms with Gasteiger partial charge < -0.3 is 4.98 Å². The monoisotopic (exact) mass is 391 g/mol. The molecule has 1 aliphatic rings. The molecule has 1 aromatic heterocycles. The van der Waals surface area contributed by atoms with Crippen molar-refractivity contribution in [2.24, 2.45) is 0 Å². The molecule has 142 valence electrons. The van der Waals surface area contributed by atoms with Crippen LogP contribution in [0, 0.1) is 0 Å². The van der Waals surface area contributed by atoms with Gasteiger partial charge in [0.15, 0.2) is 5.16 Å². The Kier molecular flexibility index (Phi) is 5.58. The smallest absolute Gasteiger partial charge is 0.254 e. The highest BCUT2D eigenvalue weighted by Gasteiger charge is 2.20. The number of amides is 1. The summed E-state index contributed by atoms with van der Waals surface area (Å²) in [6.45, 7) is 0. The molecule has 2 aromatic carbocycles. The molecule has 0 atom stereocenters. The Morgan fingerprint density at radius 1 is 0.964 bits per heavy atom. The van der Waals surface area contributed by atoms with Crippen LogP contribution in [0.3, 0.4) is 0 Å². The van der Waals surface area contributed by atoms with E-state index in [4.69, 9.17) is 0 Å². The lowest BCUT2D eigenvalue weighted by atomic mass is 9.97. The number of nitrogens with one attached hydrogen (secondary N) is 1. The van der Waals surface area contributed by atoms with Crippen LogP contribution in [0.15, 0.2) is 70.6 Å². The van der Waals surface area contributed by atoms with Gasteiger partial charge >= 0.3 is 0 Å². The van der Waals surface area contributed by atoms with Crippen LogP contribution in [-0.2, 0) is 17.6 Å². The number of fused-ring (bicyclic) bond motifs is 1. The van der Waals surface area contributed by atoms with E-state index in [1.807, 2.05) is 60.7 Å². The Hall–Kier alpha value is -2.86. The summed E-state index contributed by atoms with van der Waals surface area (Å²) < 4.78 is 0. The standard InChI is InChI=1S/C22H21N3O2S/c26-20(15-28-22-23-19-14-8-7-13-18(19)21(27)24-22)25(16-9-3-1-4-10-16)17-11-5-2-6-12-17/h1-6,9-12H,7-8,13-15H2,(H,23,24,27). The maximum Gasteiger partial charge on any atom is 0.254 e. The van der Waals surface area contributed by atoms with Gasteiger partial charge in [0.1, 0.15) is 0 Å². The fraction of sp³-hybridized carbons (Fsp3) is 0.227. The molecule has 1 aliphatic carbocycles. The molecule has 0 saturated carbocycles. The van der Waals surface area contributed by atoms with E-state index in [0.29, 0.717) is 5.16 Å². The lowest BCUT2D eigenvalue weighted by molar-refractivity contribution is -0.115. The van der Waals surface area contributed by atoms with Gasteiger partial charge in [0, 0.05) is 16.9 Å². The van der Waals surface area contributed by atoms with Crippen LogP contribution in [0.25, 0.3) is 0 Å². The van der Waals surface area contributed by atoms with Crippen molar-refractivity contribution >= 4 is 29.0 Å². The second-order valence-electron chi connectivity index (χ2n) is 6.69. The van der Waals surface area contributed by atoms with Crippen molar-refractivity contribution in [2.45, 2.75) is 30.8 Å². The van der Waals surface area contributed by atoms with E-state index in [0.717, 1.165) is 48.3 Å². The number of carbonyl (C=O) groups excluding carboxylic acids is 1. The van der Waals surface area contributed by atoms with Crippen molar-refractivity contribution in [3.63, 3.8) is 0 Å². The summed E-state index contributed by atoms with van der Waals surface area (Å²) in [7, 11) is 0. The fourth-order valence-corrected chi connectivity index (χ4v) is 4.16. The lowest BCUT2D eigenvalue weighted by Gasteiger charge is -2.23. The van der Waals surface area contributed by atoms with Crippen LogP contribution in [0.2, 0.25) is 0 Å². The maximum atomic E-state index is 13.1. The van der Waals surface area contributed by atoms with Gasteiger partial charge in [-0.3, -0.25) is 14.5 Å². The van der Waals surface area contributed by atoms with E-state index in [-0.39, 0.29) is 17.2 Å². The first-order chi connectivity index (χ1) is 13.7. The van der Waals surface area contributed by atoms with Crippen molar-refractivity contribution in [3.05, 3.63) is 82.3 Å². The van der Waals surface area contributed by atoms with Crippen LogP contribution >= 0.6 is 11.8 Å². The molecule has 4 rings (SSSR count). The third-order valence-corrected chi connectivity index (χ3v) is 5.64. The lowest BCUT2D eigenvalue weighted by Crippen LogP contribution is -2.28. The number of H-pyrrole nitrogens is 1. The number of benzene rings is 2. The van der Waals surface area contributed by atoms with Crippen LogP contribution in [0.5, 0.6) is 0 Å². The maximum absolute atomic E-state index is 13.1. The van der Waals surface area contributed by atoms with E-state index in [9.17, 15) is 9.59 Å². The average molecular weight is 391 g/mol. The molecule has 1 N–H and O–H groups in total. The van der Waals surface area contributed by atoms with E-state index in [1.165, 1.54) is 11.8 Å². The predicted octanol–water partition coefficient (Wildman–Crippen LogP) is 4.11. The molecule has 3 aromatic rings. The molecule has 6 heteroatoms. The highest BCUT2D eigenvalue weighted by Crippen LogP contribution is 2.27. The van der Waals surface area contributed by atoms with Gasteiger partial charge in [-0.15, -0.1) is 0 Å². The van der Waals surface area contributed by atoms with Crippen LogP contribution in [0.4, 0.5) is 11.4 Å². The molecular formula is C22H21N3O2S. The topological polar surface area (TPSA) is 66.1 Å². The zero-order valence-corrected chi connectivity index (χ0v) is 16.2. The highest BCUT2D eigenvalue weighted by atomic mass is 32.2. The first-order valence-corrected chi connectivity index (χ1v) is 10.4. The molecule has 0 saturated heterocycles. The summed E-state index contributed by atoms with van der Waals surface area (Å²) in [5.41, 5.74) is 3.24. The number of aromatic amines is 1. The molecule has 1 amide bonds. The summed E-state index contributed by atoms with van der Waals surface area (Å²) in [4.78, 5) is 34.5. The Morgan fingerprint density at radius 3 is 2.21 bits per heavy atom. The van der Waals surface area contributed by atoms with Crippen LogP contribution in [0.1, 0.15) is 24.1 Å². The molecule has 0 unspecified atom stereocenters. The van der Waals surface area contributed by atoms with Crippen molar-refractivity contribution in [2.75, 3.05) is 10.7 Å². The minimum atomic E-state index is -0.0670. The predicted molar refractivity (Wildman–Crippen MR) is 112 cm³/mol. The summed E-state index contributed by atoms with van der Waals surface area (Å²) in [6, 6.07) is 19.1. The summed E-state index contributed by atoms with van der Waals surface area (Å²) in [5, 5.41) is 0.514. The third kappa shape index (κ3) is 4.02. The number of aromatic nitrogens is 2. The fourth-order valence-electron chi connectivity index (χ4n) is 3.43. The summed E-state index contributed by atoms with van der Waals surface area (Å²) in [6.07, 6.45) is 3.71. The van der Waals surface area contributed by atoms with Gasteiger partial charge in [-0.1, -0.05) is 48.2 Å². The summed E-state index contributed by atoms with van der Waals surface area (Å²) in [5.74, 6) is 0.119. The van der Waals surface area contributed by atoms with E-state index in [2.05, 4.69) is 9.97 Å². The van der Waals surface area contributed by atoms with Gasteiger partial charge in [-0.25, -0.2) is 4.98 Å². The molecule has 0 radical (unpaired) electrons. The minimum Gasteiger partial charge on any atom is -0.301 e. The highest BCUT2D eigenvalue weighted by molar-refractivity contribution is 7.99. The number of thioether (sulfide) groups is 1. The third-order valence-electron chi connectivity index (χ3n) is 4.78. The van der Waals surface area contributed by atoms with Gasteiger partial charge in [0.25, 0.3) is 5.56 Å². The van der Waals surface area contributed by atoms with Crippen molar-refractivity contribution < 1.29 is 4.79 Å². The Balaban J connectivity index is 1.56. The van der Waals surface area contributed by atoms with Gasteiger partial charge in [0.05, 0.1) is 11.4 Å². The molecular weight excluding hydrogens is 370 g/mol. The molecule has 0 spiro atoms. The Labute approximate surface area is 167 Å². The van der Waals surface area contributed by atoms with Gasteiger partial charge in [0.2, 0.25) is 5.91 Å². The largest absolute Gasteiger partial charge is 0.301 e. The first-order valence-electron chi connectivity index (χ1n) is 9.40. The van der Waals surface area contributed by atoms with Crippen LogP contribution in [-0.4, -0.2) is 21.6 Å². The van der Waals surface area contributed by atoms with E-state index >= 15 is 0 Å². The Morgan fingerprint density at radius 2 is 1.57 bits per heavy atom. The van der Waals surface area contributed by atoms with E-state index in [1.54, 1.807) is 4.90 Å². The van der Waals surface area contributed by atoms with Crippen molar-refractivity contribution in [3.8, 4) is 0 Å². The number of para-hydroxylation sites is 2. The quantitative estimate of drug-likeness (QED) is 0.525. The molecule has 0 fully saturated rings. The zero-order chi connectivity index (χ0) is 19.3. The number of rotatable bonds is 5. The SMILES string of the molecule is O=C(CSc1nc2c(c(=O)[nH]1)CCCC2)N(c1ccccc1)c1ccccc1. The zero-order valence-electron chi connectivity index (χ0n) is 15.4. The number of carbonyl (C=O) groups is 1. The number of aryl methyl sites for hydroxylation is 1. The molecule has 0 aliphatic heterocycles. The Bertz CT molecular complexity index is 979. The van der Waals surface area contributed by atoms with Crippen LogP contribution < -0.4 is 10.5 Å². The second-order valence-corrected chi connectivity index (χ2v) is 7.66. The number of anilines is 2. The van der Waals surface area contributed by atoms with Crippen molar-refractivity contribution in [1.82, 2.24) is 9.97 Å². The molecule has 5 nitrogen and oxygen atoms in total. The summed E-state index contributed by atoms with van der Waals surface area (Å²) >= 11 is 1.28. The average Bonchev–Trinajstić information content (AvgIpc) is 2.74. The molecule has 1 heterocycles. The number of nitrogens with zero attached hydrogens (tertiary/aromatic N) is 2. The number of hydrogen-bond donors (Lipinski definition) is 1. The normalized spacial score (nSPS) is 13.0. The molecule has 28 heavy (non-hydrogen) atoms. The number of hydrogen-bond acceptors (Lipinski definition) is 4.